The number of aromatic amines is 2. The van der Waals surface area contributed by atoms with Crippen LogP contribution in [-0.4, -0.2) is 19.5 Å². The second-order valence-electron chi connectivity index (χ2n) is 3.10. The highest BCUT2D eigenvalue weighted by molar-refractivity contribution is 5.71. The summed E-state index contributed by atoms with van der Waals surface area (Å²) in [5.74, 6) is 0.350. The Labute approximate surface area is 88.7 Å². The fourth-order valence-electron chi connectivity index (χ4n) is 1.32. The van der Waals surface area contributed by atoms with Gasteiger partial charge in [-0.2, -0.15) is 5.26 Å². The van der Waals surface area contributed by atoms with Gasteiger partial charge in [-0.1, -0.05) is 0 Å². The van der Waals surface area contributed by atoms with E-state index in [0.717, 1.165) is 0 Å². The summed E-state index contributed by atoms with van der Waals surface area (Å²) in [5.41, 5.74) is -0.590. The lowest BCUT2D eigenvalue weighted by atomic mass is 10.5. The van der Waals surface area contributed by atoms with Crippen molar-refractivity contribution in [3.63, 3.8) is 0 Å². The summed E-state index contributed by atoms with van der Waals surface area (Å²) in [6.07, 6.45) is 2.65. The highest BCUT2D eigenvalue weighted by Crippen LogP contribution is 2.04. The van der Waals surface area contributed by atoms with E-state index in [4.69, 9.17) is 5.26 Å². The van der Waals surface area contributed by atoms with Gasteiger partial charge in [-0.25, -0.2) is 9.78 Å². The molecule has 2 N–H and O–H groups in total. The number of nitrogens with one attached hydrogen (secondary N) is 2. The molecule has 0 radical (unpaired) electrons. The van der Waals surface area contributed by atoms with Crippen molar-refractivity contribution in [2.24, 2.45) is 7.05 Å². The van der Waals surface area contributed by atoms with Crippen LogP contribution in [0.3, 0.4) is 0 Å². The Morgan fingerprint density at radius 3 is 2.88 bits per heavy atom. The lowest BCUT2D eigenvalue weighted by Crippen LogP contribution is -2.28. The third-order valence-corrected chi connectivity index (χ3v) is 2.09. The van der Waals surface area contributed by atoms with Crippen LogP contribution in [-0.2, 0) is 7.05 Å². The molecule has 0 unspecified atom stereocenters. The van der Waals surface area contributed by atoms with E-state index < -0.39 is 11.2 Å². The van der Waals surface area contributed by atoms with Crippen LogP contribution in [0.15, 0.2) is 15.7 Å². The van der Waals surface area contributed by atoms with E-state index in [1.165, 1.54) is 23.8 Å². The number of nitriles is 1. The monoisotopic (exact) mass is 217 g/mol. The SMILES string of the molecule is Cn1c(=O)[nH]c(=O)c2[nH]c(C=CC#N)nc21. The summed E-state index contributed by atoms with van der Waals surface area (Å²) < 4.78 is 1.22. The number of nitrogens with zero attached hydrogens (tertiary/aromatic N) is 3. The molecule has 0 aliphatic heterocycles. The van der Waals surface area contributed by atoms with Gasteiger partial charge in [-0.05, 0) is 6.08 Å². The number of H-pyrrole nitrogens is 2. The summed E-state index contributed by atoms with van der Waals surface area (Å²) in [6.45, 7) is 0. The van der Waals surface area contributed by atoms with E-state index in [-0.39, 0.29) is 11.2 Å². The summed E-state index contributed by atoms with van der Waals surface area (Å²) in [6, 6.07) is 1.81. The van der Waals surface area contributed by atoms with Gasteiger partial charge in [0.25, 0.3) is 5.56 Å². The molecule has 0 bridgehead atoms. The van der Waals surface area contributed by atoms with Gasteiger partial charge in [0, 0.05) is 13.1 Å². The minimum atomic E-state index is -0.528. The van der Waals surface area contributed by atoms with Gasteiger partial charge >= 0.3 is 5.69 Å². The largest absolute Gasteiger partial charge is 0.333 e. The average Bonchev–Trinajstić information content (AvgIpc) is 2.68. The van der Waals surface area contributed by atoms with Crippen molar-refractivity contribution in [3.8, 4) is 6.07 Å². The number of allylic oxidation sites excluding steroid dienone is 1. The maximum Gasteiger partial charge on any atom is 0.329 e. The number of fused-ring (bicyclic) bond motifs is 1. The minimum absolute atomic E-state index is 0.208. The lowest BCUT2D eigenvalue weighted by molar-refractivity contribution is 0.832. The predicted molar refractivity (Wildman–Crippen MR) is 56.6 cm³/mol. The minimum Gasteiger partial charge on any atom is -0.333 e. The van der Waals surface area contributed by atoms with Crippen molar-refractivity contribution in [1.29, 1.82) is 5.26 Å². The maximum atomic E-state index is 11.4. The summed E-state index contributed by atoms with van der Waals surface area (Å²) in [7, 11) is 1.50. The Balaban J connectivity index is 2.81. The maximum absolute atomic E-state index is 11.4. The molecule has 2 aromatic heterocycles. The highest BCUT2D eigenvalue weighted by atomic mass is 16.2. The van der Waals surface area contributed by atoms with Crippen molar-refractivity contribution in [2.75, 3.05) is 0 Å². The first-order chi connectivity index (χ1) is 7.63. The molecule has 7 heteroatoms. The molecule has 0 amide bonds. The van der Waals surface area contributed by atoms with Gasteiger partial charge in [-0.15, -0.1) is 0 Å². The molecule has 2 heterocycles. The van der Waals surface area contributed by atoms with Crippen LogP contribution < -0.4 is 11.2 Å². The molecular formula is C9H7N5O2. The molecule has 80 valence electrons. The molecule has 0 aliphatic rings. The van der Waals surface area contributed by atoms with Gasteiger partial charge in [0.15, 0.2) is 5.65 Å². The zero-order valence-corrected chi connectivity index (χ0v) is 8.31. The Bertz CT molecular complexity index is 725. The Morgan fingerprint density at radius 2 is 2.19 bits per heavy atom. The normalized spacial score (nSPS) is 11.0. The highest BCUT2D eigenvalue weighted by Gasteiger charge is 2.08. The predicted octanol–water partition coefficient (Wildman–Crippen LogP) is -0.513. The van der Waals surface area contributed by atoms with E-state index in [0.29, 0.717) is 5.82 Å². The molecule has 0 aromatic carbocycles. The van der Waals surface area contributed by atoms with E-state index in [2.05, 4.69) is 15.0 Å². The van der Waals surface area contributed by atoms with Gasteiger partial charge in [-0.3, -0.25) is 14.3 Å². The van der Waals surface area contributed by atoms with Crippen LogP contribution >= 0.6 is 0 Å². The van der Waals surface area contributed by atoms with Crippen molar-refractivity contribution >= 4 is 17.2 Å². The topological polar surface area (TPSA) is 107 Å². The molecule has 2 aromatic rings. The number of hydrogen-bond donors (Lipinski definition) is 2. The third-order valence-electron chi connectivity index (χ3n) is 2.09. The molecule has 0 atom stereocenters. The standard InChI is InChI=1S/C9H7N5O2/c1-14-7-6(8(15)13-9(14)16)11-5(12-7)3-2-4-10/h2-3H,1H3,(H,11,12)(H,13,15,16). The van der Waals surface area contributed by atoms with Crippen molar-refractivity contribution < 1.29 is 0 Å². The van der Waals surface area contributed by atoms with Gasteiger partial charge in [0.2, 0.25) is 0 Å². The van der Waals surface area contributed by atoms with Crippen molar-refractivity contribution in [3.05, 3.63) is 32.7 Å². The molecule has 0 spiro atoms. The second kappa shape index (κ2) is 3.51. The number of aryl methyl sites for hydroxylation is 1. The zero-order chi connectivity index (χ0) is 11.7. The van der Waals surface area contributed by atoms with Crippen molar-refractivity contribution in [1.82, 2.24) is 19.5 Å². The molecule has 0 fully saturated rings. The van der Waals surface area contributed by atoms with E-state index in [1.54, 1.807) is 6.07 Å². The van der Waals surface area contributed by atoms with Crippen LogP contribution in [0.25, 0.3) is 17.2 Å². The number of aromatic nitrogens is 4. The van der Waals surface area contributed by atoms with E-state index in [9.17, 15) is 9.59 Å². The third kappa shape index (κ3) is 1.42. The van der Waals surface area contributed by atoms with Crippen LogP contribution in [0, 0.1) is 11.3 Å². The summed E-state index contributed by atoms with van der Waals surface area (Å²) in [4.78, 5) is 31.5. The smallest absolute Gasteiger partial charge is 0.329 e. The van der Waals surface area contributed by atoms with E-state index in [1.807, 2.05) is 0 Å². The number of hydrogen-bond acceptors (Lipinski definition) is 4. The molecular weight excluding hydrogens is 210 g/mol. The molecule has 16 heavy (non-hydrogen) atoms. The fourth-order valence-corrected chi connectivity index (χ4v) is 1.32. The second-order valence-corrected chi connectivity index (χ2v) is 3.10. The van der Waals surface area contributed by atoms with Crippen molar-refractivity contribution in [2.45, 2.75) is 0 Å². The van der Waals surface area contributed by atoms with Crippen LogP contribution in [0.5, 0.6) is 0 Å². The lowest BCUT2D eigenvalue weighted by Gasteiger charge is -1.94. The van der Waals surface area contributed by atoms with Crippen LogP contribution in [0.1, 0.15) is 5.82 Å². The zero-order valence-electron chi connectivity index (χ0n) is 8.31. The fraction of sp³-hybridized carbons (Fsp3) is 0.111. The Morgan fingerprint density at radius 1 is 1.44 bits per heavy atom. The van der Waals surface area contributed by atoms with E-state index >= 15 is 0 Å². The van der Waals surface area contributed by atoms with Crippen LogP contribution in [0.2, 0.25) is 0 Å². The average molecular weight is 217 g/mol. The molecule has 2 rings (SSSR count). The first-order valence-corrected chi connectivity index (χ1v) is 4.38. The molecule has 0 saturated carbocycles. The number of rotatable bonds is 1. The first-order valence-electron chi connectivity index (χ1n) is 4.38. The molecule has 0 saturated heterocycles. The summed E-state index contributed by atoms with van der Waals surface area (Å²) in [5, 5.41) is 8.35. The van der Waals surface area contributed by atoms with Gasteiger partial charge < -0.3 is 4.98 Å². The Hall–Kier alpha value is -2.62. The van der Waals surface area contributed by atoms with Gasteiger partial charge in [0.1, 0.15) is 11.3 Å². The quantitative estimate of drug-likeness (QED) is 0.627. The van der Waals surface area contributed by atoms with Gasteiger partial charge in [0.05, 0.1) is 6.07 Å². The number of imidazole rings is 1. The van der Waals surface area contributed by atoms with Crippen LogP contribution in [0.4, 0.5) is 0 Å². The molecule has 0 aliphatic carbocycles. The summed E-state index contributed by atoms with van der Waals surface area (Å²) >= 11 is 0. The first kappa shape index (κ1) is 9.92. The molecule has 7 nitrogen and oxygen atoms in total. The Kier molecular flexibility index (Phi) is 2.17.